The topological polar surface area (TPSA) is 46.9 Å². The molecular formula is C14H14ClN3O. The largest absolute Gasteiger partial charge is 0.340 e. The van der Waals surface area contributed by atoms with Crippen LogP contribution in [0.3, 0.4) is 0 Å². The van der Waals surface area contributed by atoms with Crippen LogP contribution in [0.2, 0.25) is 5.02 Å². The quantitative estimate of drug-likeness (QED) is 0.932. The average Bonchev–Trinajstić information content (AvgIpc) is 2.75. The Balaban J connectivity index is 1.79. The number of pyridine rings is 1. The minimum absolute atomic E-state index is 0.147. The van der Waals surface area contributed by atoms with Gasteiger partial charge in [-0.15, -0.1) is 0 Å². The van der Waals surface area contributed by atoms with Crippen molar-refractivity contribution in [2.24, 2.45) is 0 Å². The van der Waals surface area contributed by atoms with E-state index in [9.17, 15) is 4.79 Å². The zero-order valence-corrected chi connectivity index (χ0v) is 11.1. The zero-order valence-electron chi connectivity index (χ0n) is 10.3. The van der Waals surface area contributed by atoms with Gasteiger partial charge in [-0.3, -0.25) is 4.79 Å². The van der Waals surface area contributed by atoms with Gasteiger partial charge in [-0.25, -0.2) is 4.98 Å². The van der Waals surface area contributed by atoms with Crippen LogP contribution in [-0.2, 0) is 0 Å². The zero-order chi connectivity index (χ0) is 13.2. The van der Waals surface area contributed by atoms with Crippen LogP contribution in [0, 0.1) is 0 Å². The Labute approximate surface area is 116 Å². The highest BCUT2D eigenvalue weighted by molar-refractivity contribution is 6.30. The van der Waals surface area contributed by atoms with Crippen LogP contribution in [0.1, 0.15) is 35.8 Å². The molecule has 1 saturated carbocycles. The molecule has 1 aliphatic carbocycles. The second kappa shape index (κ2) is 5.05. The molecule has 0 spiro atoms. The van der Waals surface area contributed by atoms with Crippen LogP contribution in [0.15, 0.2) is 36.7 Å². The number of anilines is 1. The number of nitrogens with zero attached hydrogens (tertiary/aromatic N) is 2. The van der Waals surface area contributed by atoms with Crippen LogP contribution in [0.25, 0.3) is 0 Å². The predicted octanol–water partition coefficient (Wildman–Crippen LogP) is 3.51. The van der Waals surface area contributed by atoms with Crippen LogP contribution < -0.4 is 5.32 Å². The van der Waals surface area contributed by atoms with Crippen molar-refractivity contribution in [3.63, 3.8) is 0 Å². The van der Waals surface area contributed by atoms with Gasteiger partial charge in [0.05, 0.1) is 0 Å². The molecule has 2 heterocycles. The van der Waals surface area contributed by atoms with Gasteiger partial charge in [-0.05, 0) is 43.5 Å². The van der Waals surface area contributed by atoms with E-state index in [1.54, 1.807) is 18.3 Å². The second-order valence-corrected chi connectivity index (χ2v) is 5.14. The van der Waals surface area contributed by atoms with E-state index in [1.165, 1.54) is 6.42 Å². The maximum Gasteiger partial charge on any atom is 0.273 e. The molecule has 3 rings (SSSR count). The van der Waals surface area contributed by atoms with Crippen LogP contribution >= 0.6 is 11.6 Å². The Morgan fingerprint density at radius 2 is 2.26 bits per heavy atom. The Bertz CT molecular complexity index is 604. The fraction of sp³-hybridized carbons (Fsp3) is 0.286. The Morgan fingerprint density at radius 1 is 1.42 bits per heavy atom. The molecule has 0 aromatic carbocycles. The van der Waals surface area contributed by atoms with Gasteiger partial charge in [0.2, 0.25) is 0 Å². The molecule has 4 nitrogen and oxygen atoms in total. The number of aromatic nitrogens is 2. The van der Waals surface area contributed by atoms with Crippen molar-refractivity contribution < 1.29 is 4.79 Å². The van der Waals surface area contributed by atoms with Gasteiger partial charge in [0, 0.05) is 23.5 Å². The number of halogens is 1. The summed E-state index contributed by atoms with van der Waals surface area (Å²) >= 11 is 5.87. The summed E-state index contributed by atoms with van der Waals surface area (Å²) in [6.07, 6.45) is 7.06. The molecule has 5 heteroatoms. The molecule has 0 atom stereocenters. The van der Waals surface area contributed by atoms with Gasteiger partial charge in [-0.2, -0.15) is 0 Å². The summed E-state index contributed by atoms with van der Waals surface area (Å²) < 4.78 is 2.05. The average molecular weight is 276 g/mol. The number of carbonyl (C=O) groups excluding carboxylic acids is 1. The number of hydrogen-bond donors (Lipinski definition) is 1. The molecule has 0 bridgehead atoms. The minimum atomic E-state index is -0.147. The molecule has 2 aromatic heterocycles. The van der Waals surface area contributed by atoms with Crippen molar-refractivity contribution in [3.8, 4) is 0 Å². The van der Waals surface area contributed by atoms with Gasteiger partial charge in [0.25, 0.3) is 5.91 Å². The van der Waals surface area contributed by atoms with Crippen molar-refractivity contribution in [2.75, 3.05) is 5.32 Å². The summed E-state index contributed by atoms with van der Waals surface area (Å²) in [5.74, 6) is 0.325. The van der Waals surface area contributed by atoms with Crippen LogP contribution in [0.5, 0.6) is 0 Å². The first kappa shape index (κ1) is 12.2. The fourth-order valence-corrected chi connectivity index (χ4v) is 2.38. The Hall–Kier alpha value is -1.81. The molecule has 0 radical (unpaired) electrons. The molecule has 98 valence electrons. The highest BCUT2D eigenvalue weighted by atomic mass is 35.5. The molecule has 1 aliphatic rings. The van der Waals surface area contributed by atoms with Gasteiger partial charge in [0.1, 0.15) is 11.5 Å². The lowest BCUT2D eigenvalue weighted by molar-refractivity contribution is 0.101. The first-order chi connectivity index (χ1) is 9.24. The predicted molar refractivity (Wildman–Crippen MR) is 74.5 cm³/mol. The summed E-state index contributed by atoms with van der Waals surface area (Å²) in [5.41, 5.74) is 0.673. The van der Waals surface area contributed by atoms with E-state index < -0.39 is 0 Å². The molecular weight excluding hydrogens is 262 g/mol. The van der Waals surface area contributed by atoms with E-state index in [1.807, 2.05) is 22.9 Å². The van der Waals surface area contributed by atoms with Crippen molar-refractivity contribution in [2.45, 2.75) is 25.3 Å². The van der Waals surface area contributed by atoms with Gasteiger partial charge >= 0.3 is 0 Å². The number of nitrogens with one attached hydrogen (secondary N) is 1. The summed E-state index contributed by atoms with van der Waals surface area (Å²) in [5, 5.41) is 3.33. The third-order valence-corrected chi connectivity index (χ3v) is 3.68. The minimum Gasteiger partial charge on any atom is -0.340 e. The normalized spacial score (nSPS) is 15.0. The summed E-state index contributed by atoms with van der Waals surface area (Å²) in [6.45, 7) is 0. The third-order valence-electron chi connectivity index (χ3n) is 3.44. The summed E-state index contributed by atoms with van der Waals surface area (Å²) in [6, 6.07) is 7.50. The lowest BCUT2D eigenvalue weighted by Gasteiger charge is -2.28. The van der Waals surface area contributed by atoms with E-state index in [4.69, 9.17) is 11.6 Å². The number of hydrogen-bond acceptors (Lipinski definition) is 2. The van der Waals surface area contributed by atoms with E-state index in [0.717, 1.165) is 12.8 Å². The van der Waals surface area contributed by atoms with E-state index in [0.29, 0.717) is 22.6 Å². The van der Waals surface area contributed by atoms with Crippen LogP contribution in [-0.4, -0.2) is 15.5 Å². The molecule has 0 unspecified atom stereocenters. The van der Waals surface area contributed by atoms with Crippen molar-refractivity contribution in [3.05, 3.63) is 47.4 Å². The van der Waals surface area contributed by atoms with E-state index in [2.05, 4.69) is 10.3 Å². The Kier molecular flexibility index (Phi) is 3.25. The standard InChI is InChI=1S/C14H14ClN3O/c15-10-6-7-16-13(9-10)17-14(19)12-5-2-8-18(12)11-3-1-4-11/h2,5-9,11H,1,3-4H2,(H,16,17,19). The number of amides is 1. The fourth-order valence-electron chi connectivity index (χ4n) is 2.22. The molecule has 0 saturated heterocycles. The van der Waals surface area contributed by atoms with Crippen molar-refractivity contribution in [1.82, 2.24) is 9.55 Å². The second-order valence-electron chi connectivity index (χ2n) is 4.70. The lowest BCUT2D eigenvalue weighted by atomic mass is 9.93. The number of rotatable bonds is 3. The van der Waals surface area contributed by atoms with Gasteiger partial charge in [-0.1, -0.05) is 11.6 Å². The molecule has 0 aliphatic heterocycles. The van der Waals surface area contributed by atoms with E-state index in [-0.39, 0.29) is 5.91 Å². The van der Waals surface area contributed by atoms with Crippen LogP contribution in [0.4, 0.5) is 5.82 Å². The SMILES string of the molecule is O=C(Nc1cc(Cl)ccn1)c1cccn1C1CCC1. The van der Waals surface area contributed by atoms with Crippen molar-refractivity contribution >= 4 is 23.3 Å². The summed E-state index contributed by atoms with van der Waals surface area (Å²) in [4.78, 5) is 16.3. The lowest BCUT2D eigenvalue weighted by Crippen LogP contribution is -2.23. The van der Waals surface area contributed by atoms with E-state index >= 15 is 0 Å². The molecule has 2 aromatic rings. The first-order valence-electron chi connectivity index (χ1n) is 6.34. The first-order valence-corrected chi connectivity index (χ1v) is 6.71. The summed E-state index contributed by atoms with van der Waals surface area (Å²) in [7, 11) is 0. The monoisotopic (exact) mass is 275 g/mol. The maximum atomic E-state index is 12.2. The number of carbonyl (C=O) groups is 1. The highest BCUT2D eigenvalue weighted by Gasteiger charge is 2.23. The van der Waals surface area contributed by atoms with Gasteiger partial charge in [0.15, 0.2) is 0 Å². The molecule has 19 heavy (non-hydrogen) atoms. The maximum absolute atomic E-state index is 12.2. The van der Waals surface area contributed by atoms with Gasteiger partial charge < -0.3 is 9.88 Å². The smallest absolute Gasteiger partial charge is 0.273 e. The third kappa shape index (κ3) is 2.49. The molecule has 1 fully saturated rings. The highest BCUT2D eigenvalue weighted by Crippen LogP contribution is 2.32. The molecule has 1 amide bonds. The molecule has 1 N–H and O–H groups in total. The Morgan fingerprint density at radius 3 is 2.95 bits per heavy atom. The van der Waals surface area contributed by atoms with Crippen molar-refractivity contribution in [1.29, 1.82) is 0 Å².